The maximum atomic E-state index is 8.98. The monoisotopic (exact) mass is 223 g/mol. The van der Waals surface area contributed by atoms with E-state index in [2.05, 4.69) is 24.3 Å². The van der Waals surface area contributed by atoms with Crippen LogP contribution in [0.15, 0.2) is 36.4 Å². The highest BCUT2D eigenvalue weighted by atomic mass is 16.5. The molecule has 0 aliphatic heterocycles. The molecule has 0 heterocycles. The number of nitriles is 1. The Morgan fingerprint density at radius 1 is 1.24 bits per heavy atom. The van der Waals surface area contributed by atoms with Gasteiger partial charge < -0.3 is 4.74 Å². The SMILES string of the molecule is COc1ccc2ccccc2c1C1CC1C#N. The van der Waals surface area contributed by atoms with E-state index >= 15 is 0 Å². The predicted octanol–water partition coefficient (Wildman–Crippen LogP) is 3.48. The summed E-state index contributed by atoms with van der Waals surface area (Å²) in [5, 5.41) is 11.4. The minimum atomic E-state index is 0.162. The van der Waals surface area contributed by atoms with Crippen LogP contribution in [0.3, 0.4) is 0 Å². The summed E-state index contributed by atoms with van der Waals surface area (Å²) >= 11 is 0. The molecule has 0 N–H and O–H groups in total. The van der Waals surface area contributed by atoms with E-state index in [1.807, 2.05) is 18.2 Å². The second-order valence-corrected chi connectivity index (χ2v) is 4.48. The van der Waals surface area contributed by atoms with Crippen molar-refractivity contribution in [1.82, 2.24) is 0 Å². The average Bonchev–Trinajstić information content (AvgIpc) is 3.16. The van der Waals surface area contributed by atoms with Crippen LogP contribution in [0, 0.1) is 17.2 Å². The molecule has 1 saturated carbocycles. The Kier molecular flexibility index (Phi) is 2.26. The Morgan fingerprint density at radius 2 is 2.06 bits per heavy atom. The third kappa shape index (κ3) is 1.55. The summed E-state index contributed by atoms with van der Waals surface area (Å²) in [5.41, 5.74) is 1.21. The van der Waals surface area contributed by atoms with Crippen molar-refractivity contribution >= 4 is 10.8 Å². The number of fused-ring (bicyclic) bond motifs is 1. The fraction of sp³-hybridized carbons (Fsp3) is 0.267. The number of rotatable bonds is 2. The first kappa shape index (κ1) is 10.2. The normalized spacial score (nSPS) is 22.1. The van der Waals surface area contributed by atoms with E-state index in [1.165, 1.54) is 16.3 Å². The zero-order valence-corrected chi connectivity index (χ0v) is 9.68. The molecule has 0 saturated heterocycles. The maximum absolute atomic E-state index is 8.98. The van der Waals surface area contributed by atoms with Gasteiger partial charge in [0.25, 0.3) is 0 Å². The van der Waals surface area contributed by atoms with Crippen LogP contribution in [0.4, 0.5) is 0 Å². The van der Waals surface area contributed by atoms with E-state index in [9.17, 15) is 0 Å². The molecule has 0 spiro atoms. The Morgan fingerprint density at radius 3 is 2.76 bits per heavy atom. The van der Waals surface area contributed by atoms with Crippen LogP contribution in [0.25, 0.3) is 10.8 Å². The van der Waals surface area contributed by atoms with Crippen LogP contribution < -0.4 is 4.74 Å². The van der Waals surface area contributed by atoms with Crippen LogP contribution in [0.5, 0.6) is 5.75 Å². The fourth-order valence-corrected chi connectivity index (χ4v) is 2.49. The van der Waals surface area contributed by atoms with Gasteiger partial charge in [0.15, 0.2) is 0 Å². The zero-order valence-electron chi connectivity index (χ0n) is 9.68. The molecule has 3 rings (SSSR count). The van der Waals surface area contributed by atoms with Gasteiger partial charge in [-0.2, -0.15) is 5.26 Å². The summed E-state index contributed by atoms with van der Waals surface area (Å²) in [6.07, 6.45) is 0.959. The summed E-state index contributed by atoms with van der Waals surface area (Å²) in [4.78, 5) is 0. The van der Waals surface area contributed by atoms with Crippen molar-refractivity contribution < 1.29 is 4.74 Å². The van der Waals surface area contributed by atoms with Gasteiger partial charge in [-0.15, -0.1) is 0 Å². The molecule has 1 aliphatic rings. The standard InChI is InChI=1S/C15H13NO/c1-17-14-7-6-10-4-2-3-5-12(10)15(14)13-8-11(13)9-16/h2-7,11,13H,8H2,1H3. The highest BCUT2D eigenvalue weighted by Crippen LogP contribution is 2.52. The molecule has 0 amide bonds. The van der Waals surface area contributed by atoms with Gasteiger partial charge in [0.05, 0.1) is 19.1 Å². The van der Waals surface area contributed by atoms with Gasteiger partial charge in [-0.3, -0.25) is 0 Å². The predicted molar refractivity (Wildman–Crippen MR) is 67.0 cm³/mol. The molecule has 1 aliphatic carbocycles. The van der Waals surface area contributed by atoms with E-state index < -0.39 is 0 Å². The van der Waals surface area contributed by atoms with Gasteiger partial charge in [-0.05, 0) is 23.3 Å². The smallest absolute Gasteiger partial charge is 0.123 e. The van der Waals surface area contributed by atoms with E-state index in [-0.39, 0.29) is 5.92 Å². The van der Waals surface area contributed by atoms with Crippen LogP contribution >= 0.6 is 0 Å². The number of ether oxygens (including phenoxy) is 1. The molecule has 1 fully saturated rings. The molecule has 17 heavy (non-hydrogen) atoms. The molecule has 2 nitrogen and oxygen atoms in total. The van der Waals surface area contributed by atoms with Crippen molar-refractivity contribution in [3.8, 4) is 11.8 Å². The highest BCUT2D eigenvalue weighted by molar-refractivity contribution is 5.88. The van der Waals surface area contributed by atoms with Crippen molar-refractivity contribution in [2.75, 3.05) is 7.11 Å². The first-order valence-electron chi connectivity index (χ1n) is 5.80. The maximum Gasteiger partial charge on any atom is 0.123 e. The first-order chi connectivity index (χ1) is 8.35. The van der Waals surface area contributed by atoms with Gasteiger partial charge in [0, 0.05) is 11.5 Å². The van der Waals surface area contributed by atoms with Gasteiger partial charge in [0.2, 0.25) is 0 Å². The molecule has 2 aromatic rings. The van der Waals surface area contributed by atoms with Gasteiger partial charge >= 0.3 is 0 Å². The van der Waals surface area contributed by atoms with Crippen LogP contribution in [0.1, 0.15) is 17.9 Å². The lowest BCUT2D eigenvalue weighted by molar-refractivity contribution is 0.410. The van der Waals surface area contributed by atoms with Gasteiger partial charge in [-0.1, -0.05) is 30.3 Å². The van der Waals surface area contributed by atoms with Crippen LogP contribution in [0.2, 0.25) is 0 Å². The largest absolute Gasteiger partial charge is 0.496 e. The molecule has 0 radical (unpaired) electrons. The van der Waals surface area contributed by atoms with E-state index in [4.69, 9.17) is 10.00 Å². The third-order valence-electron chi connectivity index (χ3n) is 3.48. The average molecular weight is 223 g/mol. The zero-order chi connectivity index (χ0) is 11.8. The molecule has 84 valence electrons. The lowest BCUT2D eigenvalue weighted by atomic mass is 9.99. The van der Waals surface area contributed by atoms with Gasteiger partial charge in [-0.25, -0.2) is 0 Å². The Bertz CT molecular complexity index is 612. The van der Waals surface area contributed by atoms with E-state index in [1.54, 1.807) is 7.11 Å². The van der Waals surface area contributed by atoms with Gasteiger partial charge in [0.1, 0.15) is 5.75 Å². The molecule has 2 heteroatoms. The fourth-order valence-electron chi connectivity index (χ4n) is 2.49. The molecule has 0 bridgehead atoms. The summed E-state index contributed by atoms with van der Waals surface area (Å²) in [6, 6.07) is 14.7. The number of hydrogen-bond donors (Lipinski definition) is 0. The summed E-state index contributed by atoms with van der Waals surface area (Å²) in [7, 11) is 1.69. The second-order valence-electron chi connectivity index (χ2n) is 4.48. The van der Waals surface area contributed by atoms with Crippen molar-refractivity contribution in [2.24, 2.45) is 5.92 Å². The van der Waals surface area contributed by atoms with Crippen molar-refractivity contribution in [3.05, 3.63) is 42.0 Å². The topological polar surface area (TPSA) is 33.0 Å². The van der Waals surface area contributed by atoms with Crippen molar-refractivity contribution in [3.63, 3.8) is 0 Å². The van der Waals surface area contributed by atoms with Crippen LogP contribution in [-0.4, -0.2) is 7.11 Å². The Hall–Kier alpha value is -2.01. The molecule has 2 aromatic carbocycles. The van der Waals surface area contributed by atoms with E-state index in [0.29, 0.717) is 5.92 Å². The second kappa shape index (κ2) is 3.78. The van der Waals surface area contributed by atoms with Crippen molar-refractivity contribution in [1.29, 1.82) is 5.26 Å². The summed E-state index contributed by atoms with van der Waals surface area (Å²) in [6.45, 7) is 0. The minimum absolute atomic E-state index is 0.162. The van der Waals surface area contributed by atoms with E-state index in [0.717, 1.165) is 12.2 Å². The Labute approximate surface area is 100 Å². The number of nitrogens with zero attached hydrogens (tertiary/aromatic N) is 1. The number of benzene rings is 2. The number of methoxy groups -OCH3 is 1. The molecular formula is C15H13NO. The molecule has 2 unspecified atom stereocenters. The van der Waals surface area contributed by atoms with Crippen molar-refractivity contribution in [2.45, 2.75) is 12.3 Å². The van der Waals surface area contributed by atoms with Crippen LogP contribution in [-0.2, 0) is 0 Å². The quantitative estimate of drug-likeness (QED) is 0.780. The minimum Gasteiger partial charge on any atom is -0.496 e. The lowest BCUT2D eigenvalue weighted by Crippen LogP contribution is -1.92. The lowest BCUT2D eigenvalue weighted by Gasteiger charge is -2.11. The highest BCUT2D eigenvalue weighted by Gasteiger charge is 2.41. The summed E-state index contributed by atoms with van der Waals surface area (Å²) < 4.78 is 5.44. The molecule has 2 atom stereocenters. The summed E-state index contributed by atoms with van der Waals surface area (Å²) in [5.74, 6) is 1.42. The third-order valence-corrected chi connectivity index (χ3v) is 3.48. The first-order valence-corrected chi connectivity index (χ1v) is 5.80. The molecular weight excluding hydrogens is 210 g/mol. The Balaban J connectivity index is 2.22. The number of hydrogen-bond acceptors (Lipinski definition) is 2. The molecule has 0 aromatic heterocycles.